The van der Waals surface area contributed by atoms with Crippen LogP contribution in [0.3, 0.4) is 0 Å². The third-order valence-corrected chi connectivity index (χ3v) is 5.99. The highest BCUT2D eigenvalue weighted by molar-refractivity contribution is 14.1. The first-order valence-electron chi connectivity index (χ1n) is 9.77. The summed E-state index contributed by atoms with van der Waals surface area (Å²) in [5.74, 6) is 0.886. The summed E-state index contributed by atoms with van der Waals surface area (Å²) in [7, 11) is 0. The van der Waals surface area contributed by atoms with Crippen LogP contribution in [0.2, 0.25) is 5.02 Å². The van der Waals surface area contributed by atoms with Gasteiger partial charge in [0.2, 0.25) is 5.88 Å². The molecule has 0 radical (unpaired) electrons. The Morgan fingerprint density at radius 2 is 1.97 bits per heavy atom. The third-order valence-electron chi connectivity index (χ3n) is 5.01. The highest BCUT2D eigenvalue weighted by atomic mass is 127. The zero-order valence-corrected chi connectivity index (χ0v) is 19.9. The quantitative estimate of drug-likeness (QED) is 0.251. The molecule has 2 heterocycles. The second kappa shape index (κ2) is 9.39. The zero-order valence-electron chi connectivity index (χ0n) is 17.0. The van der Waals surface area contributed by atoms with Gasteiger partial charge in [0.1, 0.15) is 23.9 Å². The summed E-state index contributed by atoms with van der Waals surface area (Å²) in [5, 5.41) is 20.3. The fraction of sp³-hybridized carbons (Fsp3) is 0.182. The van der Waals surface area contributed by atoms with E-state index in [1.54, 1.807) is 37.4 Å². The maximum absolute atomic E-state index is 12.7. The topological polar surface area (TPSA) is 116 Å². The number of aliphatic hydroxyl groups is 1. The summed E-state index contributed by atoms with van der Waals surface area (Å²) in [6, 6.07) is 12.0. The van der Waals surface area contributed by atoms with E-state index < -0.39 is 11.7 Å². The van der Waals surface area contributed by atoms with E-state index in [9.17, 15) is 9.90 Å². The number of aromatic hydroxyl groups is 1. The van der Waals surface area contributed by atoms with E-state index in [1.807, 2.05) is 18.2 Å². The first-order valence-corrected chi connectivity index (χ1v) is 11.2. The Balaban J connectivity index is 1.63. The highest BCUT2D eigenvalue weighted by Gasteiger charge is 2.22. The molecule has 0 spiro atoms. The summed E-state index contributed by atoms with van der Waals surface area (Å²) >= 11 is 8.55. The van der Waals surface area contributed by atoms with Gasteiger partial charge in [-0.05, 0) is 65.9 Å². The second-order valence-electron chi connectivity index (χ2n) is 7.08. The van der Waals surface area contributed by atoms with Gasteiger partial charge in [-0.2, -0.15) is 0 Å². The van der Waals surface area contributed by atoms with Crippen molar-refractivity contribution in [2.75, 3.05) is 13.2 Å². The van der Waals surface area contributed by atoms with E-state index in [1.165, 1.54) is 4.57 Å². The smallest absolute Gasteiger partial charge is 0.329 e. The minimum absolute atomic E-state index is 0.0825. The monoisotopic (exact) mass is 566 g/mol. The summed E-state index contributed by atoms with van der Waals surface area (Å²) < 4.78 is 7.60. The number of aliphatic hydroxyl groups excluding tert-OH is 1. The first kappa shape index (κ1) is 22.4. The van der Waals surface area contributed by atoms with Gasteiger partial charge < -0.3 is 24.9 Å². The third kappa shape index (κ3) is 4.41. The van der Waals surface area contributed by atoms with Crippen LogP contribution in [0.5, 0.6) is 11.6 Å². The Bertz CT molecular complexity index is 1300. The fourth-order valence-electron chi connectivity index (χ4n) is 3.40. The molecule has 0 saturated carbocycles. The molecule has 2 aromatic heterocycles. The van der Waals surface area contributed by atoms with Crippen LogP contribution >= 0.6 is 34.2 Å². The number of benzene rings is 2. The summed E-state index contributed by atoms with van der Waals surface area (Å²) in [4.78, 5) is 23.0. The van der Waals surface area contributed by atoms with Crippen LogP contribution < -0.4 is 10.4 Å². The van der Waals surface area contributed by atoms with Gasteiger partial charge in [0.25, 0.3) is 0 Å². The summed E-state index contributed by atoms with van der Waals surface area (Å²) in [5.41, 5.74) is 1.97. The van der Waals surface area contributed by atoms with Gasteiger partial charge in [0.15, 0.2) is 0 Å². The molecule has 0 amide bonds. The maximum atomic E-state index is 12.7. The molecule has 4 N–H and O–H groups in total. The number of imidazole rings is 2. The number of hydrogen-bond donors (Lipinski definition) is 4. The first-order chi connectivity index (χ1) is 15.4. The van der Waals surface area contributed by atoms with Gasteiger partial charge in [-0.3, -0.25) is 4.57 Å². The predicted molar refractivity (Wildman–Crippen MR) is 130 cm³/mol. The van der Waals surface area contributed by atoms with Crippen LogP contribution in [0.4, 0.5) is 0 Å². The van der Waals surface area contributed by atoms with Crippen LogP contribution in [0.1, 0.15) is 18.8 Å². The van der Waals surface area contributed by atoms with Crippen molar-refractivity contribution in [1.29, 1.82) is 0 Å². The largest absolute Gasteiger partial charge is 0.493 e. The lowest BCUT2D eigenvalue weighted by atomic mass is 10.1. The normalized spacial score (nSPS) is 12.1. The standard InChI is InChI=1S/C22H20ClIN4O4/c1-12(20-25-11-18(26-20)16-7-4-14(24)10-17(16)23)28-21(30)19(27-22(28)31)13-2-5-15(6-3-13)32-9-8-29/h2-7,10-12,29-30H,8-9H2,1H3,(H,25,26)(H,27,31)/t12-/m0/s1. The van der Waals surface area contributed by atoms with Crippen molar-refractivity contribution in [2.24, 2.45) is 0 Å². The lowest BCUT2D eigenvalue weighted by Gasteiger charge is -2.11. The van der Waals surface area contributed by atoms with E-state index in [0.717, 1.165) is 14.8 Å². The number of H-pyrrole nitrogens is 2. The van der Waals surface area contributed by atoms with Crippen LogP contribution in [0.15, 0.2) is 53.5 Å². The van der Waals surface area contributed by atoms with Gasteiger partial charge in [0, 0.05) is 14.7 Å². The number of aromatic amines is 2. The number of nitrogens with zero attached hydrogens (tertiary/aromatic N) is 2. The van der Waals surface area contributed by atoms with Crippen LogP contribution in [-0.2, 0) is 0 Å². The van der Waals surface area contributed by atoms with E-state index in [0.29, 0.717) is 27.9 Å². The van der Waals surface area contributed by atoms with E-state index in [-0.39, 0.29) is 19.1 Å². The van der Waals surface area contributed by atoms with Crippen LogP contribution in [0, 0.1) is 3.57 Å². The molecule has 0 fully saturated rings. The fourth-order valence-corrected chi connectivity index (χ4v) is 4.36. The van der Waals surface area contributed by atoms with Crippen LogP contribution in [-0.4, -0.2) is 42.9 Å². The molecule has 0 aliphatic carbocycles. The number of rotatable bonds is 7. The van der Waals surface area contributed by atoms with Crippen molar-refractivity contribution in [3.63, 3.8) is 0 Å². The summed E-state index contributed by atoms with van der Waals surface area (Å²) in [6.45, 7) is 1.87. The molecule has 4 aromatic rings. The SMILES string of the molecule is C[C@@H](c1ncc(-c2ccc(I)cc2Cl)[nH]1)n1c(O)c(-c2ccc(OCCO)cc2)[nH]c1=O. The molecule has 0 aliphatic rings. The molecule has 0 aliphatic heterocycles. The summed E-state index contributed by atoms with van der Waals surface area (Å²) in [6.07, 6.45) is 1.65. The molecule has 2 aromatic carbocycles. The van der Waals surface area contributed by atoms with Crippen molar-refractivity contribution >= 4 is 34.2 Å². The van der Waals surface area contributed by atoms with Gasteiger partial charge >= 0.3 is 5.69 Å². The molecule has 0 saturated heterocycles. The van der Waals surface area contributed by atoms with Gasteiger partial charge in [-0.1, -0.05) is 17.7 Å². The molecule has 8 nitrogen and oxygen atoms in total. The van der Waals surface area contributed by atoms with Crippen LogP contribution in [0.25, 0.3) is 22.5 Å². The minimum atomic E-state index is -0.559. The van der Waals surface area contributed by atoms with Crippen molar-refractivity contribution in [1.82, 2.24) is 19.5 Å². The van der Waals surface area contributed by atoms with Crippen molar-refractivity contribution in [3.05, 3.63) is 73.6 Å². The molecule has 32 heavy (non-hydrogen) atoms. The number of ether oxygens (including phenoxy) is 1. The Hall–Kier alpha value is -2.76. The van der Waals surface area contributed by atoms with E-state index in [2.05, 4.69) is 37.5 Å². The lowest BCUT2D eigenvalue weighted by Crippen LogP contribution is -2.21. The average molecular weight is 567 g/mol. The molecular formula is C22H20ClIN4O4. The Labute approximate surface area is 202 Å². The number of hydrogen-bond acceptors (Lipinski definition) is 5. The molecular weight excluding hydrogens is 547 g/mol. The molecule has 166 valence electrons. The number of aromatic nitrogens is 4. The van der Waals surface area contributed by atoms with Gasteiger partial charge in [-0.15, -0.1) is 0 Å². The average Bonchev–Trinajstić information content (AvgIpc) is 3.37. The Morgan fingerprint density at radius 1 is 1.22 bits per heavy atom. The van der Waals surface area contributed by atoms with Gasteiger partial charge in [0.05, 0.1) is 29.6 Å². The molecule has 1 atom stereocenters. The lowest BCUT2D eigenvalue weighted by molar-refractivity contribution is 0.201. The molecule has 10 heteroatoms. The van der Waals surface area contributed by atoms with E-state index in [4.69, 9.17) is 21.4 Å². The minimum Gasteiger partial charge on any atom is -0.493 e. The Morgan fingerprint density at radius 3 is 2.66 bits per heavy atom. The second-order valence-corrected chi connectivity index (χ2v) is 8.73. The number of nitrogens with one attached hydrogen (secondary N) is 2. The van der Waals surface area contributed by atoms with Crippen molar-refractivity contribution in [2.45, 2.75) is 13.0 Å². The zero-order chi connectivity index (χ0) is 22.8. The highest BCUT2D eigenvalue weighted by Crippen LogP contribution is 2.32. The molecule has 0 bridgehead atoms. The van der Waals surface area contributed by atoms with Crippen molar-refractivity contribution < 1.29 is 14.9 Å². The van der Waals surface area contributed by atoms with E-state index >= 15 is 0 Å². The predicted octanol–water partition coefficient (Wildman–Crippen LogP) is 4.18. The molecule has 0 unspecified atom stereocenters. The Kier molecular flexibility index (Phi) is 6.58. The maximum Gasteiger partial charge on any atom is 0.329 e. The van der Waals surface area contributed by atoms with Gasteiger partial charge in [-0.25, -0.2) is 9.78 Å². The number of halogens is 2. The molecule has 4 rings (SSSR count). The van der Waals surface area contributed by atoms with Crippen molar-refractivity contribution in [3.8, 4) is 34.1 Å².